The minimum Gasteiger partial charge on any atom is -0.408 e. The van der Waals surface area contributed by atoms with Crippen LogP contribution in [0.3, 0.4) is 0 Å². The lowest BCUT2D eigenvalue weighted by molar-refractivity contribution is -0.118. The Labute approximate surface area is 182 Å². The molecule has 3 aromatic carbocycles. The van der Waals surface area contributed by atoms with E-state index in [0.717, 1.165) is 24.3 Å². The van der Waals surface area contributed by atoms with Crippen LogP contribution in [-0.4, -0.2) is 18.9 Å². The molecule has 1 unspecified atom stereocenters. The fourth-order valence-electron chi connectivity index (χ4n) is 3.16. The number of benzene rings is 3. The first-order valence-electron chi connectivity index (χ1n) is 9.54. The number of carbonyl (C=O) groups excluding carboxylic acids is 1. The smallest absolute Gasteiger partial charge is 0.408 e. The maximum Gasteiger partial charge on any atom is 0.420 e. The maximum absolute atomic E-state index is 13.0. The van der Waals surface area contributed by atoms with E-state index in [1.165, 1.54) is 28.8 Å². The van der Waals surface area contributed by atoms with Gasteiger partial charge in [0, 0.05) is 11.4 Å². The van der Waals surface area contributed by atoms with E-state index in [2.05, 4.69) is 10.0 Å². The first kappa shape index (κ1) is 21.3. The van der Waals surface area contributed by atoms with Gasteiger partial charge in [0.15, 0.2) is 5.58 Å². The number of oxazole rings is 1. The van der Waals surface area contributed by atoms with Crippen molar-refractivity contribution in [1.82, 2.24) is 4.57 Å². The molecule has 1 atom stereocenters. The van der Waals surface area contributed by atoms with Crippen LogP contribution in [0.5, 0.6) is 0 Å². The van der Waals surface area contributed by atoms with Crippen LogP contribution in [0.4, 0.5) is 15.8 Å². The number of rotatable bonds is 6. The summed E-state index contributed by atoms with van der Waals surface area (Å²) in [6, 6.07) is 16.4. The van der Waals surface area contributed by atoms with Crippen LogP contribution >= 0.6 is 0 Å². The van der Waals surface area contributed by atoms with Gasteiger partial charge >= 0.3 is 5.76 Å². The third-order valence-corrected chi connectivity index (χ3v) is 6.21. The molecule has 4 rings (SSSR count). The zero-order valence-electron chi connectivity index (χ0n) is 16.8. The summed E-state index contributed by atoms with van der Waals surface area (Å²) in [6.45, 7) is 1.57. The molecule has 10 heteroatoms. The van der Waals surface area contributed by atoms with Crippen molar-refractivity contribution in [3.05, 3.63) is 89.2 Å². The summed E-state index contributed by atoms with van der Waals surface area (Å²) in [5, 5.41) is 2.69. The van der Waals surface area contributed by atoms with Gasteiger partial charge in [-0.15, -0.1) is 0 Å². The summed E-state index contributed by atoms with van der Waals surface area (Å²) in [5.41, 5.74) is 1.56. The van der Waals surface area contributed by atoms with Crippen LogP contribution in [0.25, 0.3) is 11.1 Å². The molecule has 0 saturated carbocycles. The molecule has 32 heavy (non-hydrogen) atoms. The predicted octanol–water partition coefficient (Wildman–Crippen LogP) is 3.73. The van der Waals surface area contributed by atoms with Crippen molar-refractivity contribution >= 4 is 38.4 Å². The Bertz CT molecular complexity index is 1440. The minimum absolute atomic E-state index is 0.0807. The zero-order chi connectivity index (χ0) is 22.9. The Hall–Kier alpha value is -3.92. The molecule has 0 aliphatic rings. The Morgan fingerprint density at radius 1 is 0.969 bits per heavy atom. The maximum atomic E-state index is 13.0. The average Bonchev–Trinajstić information content (AvgIpc) is 3.10. The van der Waals surface area contributed by atoms with Crippen molar-refractivity contribution in [2.75, 3.05) is 10.0 Å². The second-order valence-electron chi connectivity index (χ2n) is 7.01. The van der Waals surface area contributed by atoms with Crippen LogP contribution in [-0.2, 0) is 14.8 Å². The summed E-state index contributed by atoms with van der Waals surface area (Å²) in [4.78, 5) is 24.8. The fraction of sp³-hybridized carbons (Fsp3) is 0.0909. The van der Waals surface area contributed by atoms with Gasteiger partial charge in [-0.25, -0.2) is 17.6 Å². The van der Waals surface area contributed by atoms with Crippen molar-refractivity contribution in [3.8, 4) is 0 Å². The number of hydrogen-bond donors (Lipinski definition) is 2. The van der Waals surface area contributed by atoms with Gasteiger partial charge < -0.3 is 9.73 Å². The number of nitrogens with one attached hydrogen (secondary N) is 2. The van der Waals surface area contributed by atoms with E-state index >= 15 is 0 Å². The quantitative estimate of drug-likeness (QED) is 0.460. The van der Waals surface area contributed by atoms with Gasteiger partial charge in [0.1, 0.15) is 11.9 Å². The highest BCUT2D eigenvalue weighted by Gasteiger charge is 2.21. The lowest BCUT2D eigenvalue weighted by atomic mass is 10.2. The molecular weight excluding hydrogens is 437 g/mol. The molecule has 0 spiro atoms. The molecule has 1 heterocycles. The van der Waals surface area contributed by atoms with Crippen LogP contribution in [0, 0.1) is 5.82 Å². The third kappa shape index (κ3) is 4.26. The topological polar surface area (TPSA) is 110 Å². The SMILES string of the molecule is CC(C(=O)Nc1ccc(NS(=O)(=O)c2ccc(F)cc2)cc1)n1c(=O)oc2ccccc21. The molecule has 1 amide bonds. The second kappa shape index (κ2) is 8.31. The Morgan fingerprint density at radius 3 is 2.28 bits per heavy atom. The lowest BCUT2D eigenvalue weighted by Crippen LogP contribution is -2.29. The number of para-hydroxylation sites is 2. The van der Waals surface area contributed by atoms with Gasteiger partial charge in [-0.05, 0) is 67.6 Å². The van der Waals surface area contributed by atoms with Gasteiger partial charge in [0.25, 0.3) is 10.0 Å². The van der Waals surface area contributed by atoms with E-state index in [-0.39, 0.29) is 10.6 Å². The largest absolute Gasteiger partial charge is 0.420 e. The first-order chi connectivity index (χ1) is 15.2. The van der Waals surface area contributed by atoms with Crippen molar-refractivity contribution in [1.29, 1.82) is 0 Å². The molecule has 0 radical (unpaired) electrons. The number of anilines is 2. The third-order valence-electron chi connectivity index (χ3n) is 4.81. The van der Waals surface area contributed by atoms with E-state index in [4.69, 9.17) is 4.42 Å². The number of fused-ring (bicyclic) bond motifs is 1. The predicted molar refractivity (Wildman–Crippen MR) is 117 cm³/mol. The summed E-state index contributed by atoms with van der Waals surface area (Å²) >= 11 is 0. The van der Waals surface area contributed by atoms with E-state index in [1.807, 2.05) is 0 Å². The van der Waals surface area contributed by atoms with Crippen molar-refractivity contribution < 1.29 is 22.0 Å². The molecule has 4 aromatic rings. The molecule has 8 nitrogen and oxygen atoms in total. The normalized spacial score (nSPS) is 12.4. The second-order valence-corrected chi connectivity index (χ2v) is 8.69. The number of amides is 1. The molecule has 164 valence electrons. The fourth-order valence-corrected chi connectivity index (χ4v) is 4.22. The molecular formula is C22H18FN3O5S. The average molecular weight is 455 g/mol. The number of aromatic nitrogens is 1. The van der Waals surface area contributed by atoms with Crippen LogP contribution < -0.4 is 15.8 Å². The van der Waals surface area contributed by atoms with Gasteiger partial charge in [-0.3, -0.25) is 14.1 Å². The molecule has 0 fully saturated rings. The number of halogens is 1. The van der Waals surface area contributed by atoms with E-state index < -0.39 is 33.5 Å². The van der Waals surface area contributed by atoms with Crippen LogP contribution in [0.1, 0.15) is 13.0 Å². The number of nitrogens with zero attached hydrogens (tertiary/aromatic N) is 1. The summed E-state index contributed by atoms with van der Waals surface area (Å²) in [7, 11) is -3.89. The molecule has 1 aromatic heterocycles. The monoisotopic (exact) mass is 455 g/mol. The standard InChI is InChI=1S/C22H18FN3O5S/c1-14(26-19-4-2-3-5-20(19)31-22(26)28)21(27)24-16-8-10-17(11-9-16)25-32(29,30)18-12-6-15(23)7-13-18/h2-14,25H,1H3,(H,24,27). The lowest BCUT2D eigenvalue weighted by Gasteiger charge is -2.14. The van der Waals surface area contributed by atoms with Crippen molar-refractivity contribution in [3.63, 3.8) is 0 Å². The highest BCUT2D eigenvalue weighted by atomic mass is 32.2. The van der Waals surface area contributed by atoms with Gasteiger partial charge in [-0.1, -0.05) is 12.1 Å². The van der Waals surface area contributed by atoms with Gasteiger partial charge in [-0.2, -0.15) is 0 Å². The first-order valence-corrected chi connectivity index (χ1v) is 11.0. The minimum atomic E-state index is -3.89. The van der Waals surface area contributed by atoms with Crippen molar-refractivity contribution in [2.24, 2.45) is 0 Å². The molecule has 0 aliphatic carbocycles. The highest BCUT2D eigenvalue weighted by molar-refractivity contribution is 7.92. The number of hydrogen-bond acceptors (Lipinski definition) is 5. The van der Waals surface area contributed by atoms with E-state index in [1.54, 1.807) is 31.2 Å². The Kier molecular flexibility index (Phi) is 5.54. The highest BCUT2D eigenvalue weighted by Crippen LogP contribution is 2.21. The summed E-state index contributed by atoms with van der Waals surface area (Å²) < 4.78 is 46.6. The summed E-state index contributed by atoms with van der Waals surface area (Å²) in [6.07, 6.45) is 0. The van der Waals surface area contributed by atoms with E-state index in [0.29, 0.717) is 16.8 Å². The van der Waals surface area contributed by atoms with Crippen molar-refractivity contribution in [2.45, 2.75) is 17.9 Å². The molecule has 0 saturated heterocycles. The number of sulfonamides is 1. The molecule has 0 aliphatic heterocycles. The van der Waals surface area contributed by atoms with Gasteiger partial charge in [0.2, 0.25) is 5.91 Å². The van der Waals surface area contributed by atoms with Gasteiger partial charge in [0.05, 0.1) is 10.4 Å². The van der Waals surface area contributed by atoms with Crippen LogP contribution in [0.15, 0.2) is 86.9 Å². The zero-order valence-corrected chi connectivity index (χ0v) is 17.6. The van der Waals surface area contributed by atoms with E-state index in [9.17, 15) is 22.4 Å². The molecule has 2 N–H and O–H groups in total. The Balaban J connectivity index is 1.47. The van der Waals surface area contributed by atoms with Crippen LogP contribution in [0.2, 0.25) is 0 Å². The summed E-state index contributed by atoms with van der Waals surface area (Å²) in [5.74, 6) is -1.62. The Morgan fingerprint density at radius 2 is 1.59 bits per heavy atom. The molecule has 0 bridgehead atoms. The number of carbonyl (C=O) groups is 1.